The summed E-state index contributed by atoms with van der Waals surface area (Å²) in [5, 5.41) is 2.91. The molecule has 0 saturated carbocycles. The molecule has 4 nitrogen and oxygen atoms in total. The van der Waals surface area contributed by atoms with Crippen molar-refractivity contribution in [1.29, 1.82) is 0 Å². The predicted octanol–water partition coefficient (Wildman–Crippen LogP) is 2.49. The summed E-state index contributed by atoms with van der Waals surface area (Å²) >= 11 is 0. The van der Waals surface area contributed by atoms with Crippen molar-refractivity contribution in [2.24, 2.45) is 5.92 Å². The zero-order valence-corrected chi connectivity index (χ0v) is 12.4. The molecule has 1 amide bonds. The van der Waals surface area contributed by atoms with E-state index in [1.54, 1.807) is 6.07 Å². The summed E-state index contributed by atoms with van der Waals surface area (Å²) < 4.78 is 0. The lowest BCUT2D eigenvalue weighted by atomic mass is 10.1. The van der Waals surface area contributed by atoms with Crippen LogP contribution >= 0.6 is 0 Å². The van der Waals surface area contributed by atoms with Crippen LogP contribution < -0.4 is 11.1 Å². The zero-order valence-electron chi connectivity index (χ0n) is 12.4. The zero-order chi connectivity index (χ0) is 14.4. The smallest absolute Gasteiger partial charge is 0.238 e. The number of carbonyl (C=O) groups is 1. The van der Waals surface area contributed by atoms with Crippen LogP contribution in [0.15, 0.2) is 18.2 Å². The maximum atomic E-state index is 12.0. The maximum Gasteiger partial charge on any atom is 0.238 e. The Morgan fingerprint density at radius 1 is 1.47 bits per heavy atom. The Morgan fingerprint density at radius 2 is 2.16 bits per heavy atom. The van der Waals surface area contributed by atoms with E-state index >= 15 is 0 Å². The van der Waals surface area contributed by atoms with E-state index < -0.39 is 0 Å². The van der Waals surface area contributed by atoms with E-state index in [9.17, 15) is 4.79 Å². The maximum absolute atomic E-state index is 12.0. The summed E-state index contributed by atoms with van der Waals surface area (Å²) in [5.41, 5.74) is 8.20. The highest BCUT2D eigenvalue weighted by molar-refractivity contribution is 5.93. The first-order valence-electron chi connectivity index (χ1n) is 6.77. The Hall–Kier alpha value is -1.55. The first-order valence-corrected chi connectivity index (χ1v) is 6.77. The molecule has 0 aliphatic carbocycles. The number of anilines is 2. The largest absolute Gasteiger partial charge is 0.399 e. The molecular formula is C15H25N3O. The highest BCUT2D eigenvalue weighted by Crippen LogP contribution is 2.18. The molecular weight excluding hydrogens is 238 g/mol. The van der Waals surface area contributed by atoms with E-state index in [-0.39, 0.29) is 5.91 Å². The third-order valence-electron chi connectivity index (χ3n) is 3.27. The Morgan fingerprint density at radius 3 is 2.79 bits per heavy atom. The van der Waals surface area contributed by atoms with Gasteiger partial charge in [-0.15, -0.1) is 0 Å². The summed E-state index contributed by atoms with van der Waals surface area (Å²) in [6, 6.07) is 5.54. The van der Waals surface area contributed by atoms with Crippen LogP contribution in [0.5, 0.6) is 0 Å². The highest BCUT2D eigenvalue weighted by Gasteiger charge is 2.10. The lowest BCUT2D eigenvalue weighted by molar-refractivity contribution is -0.117. The van der Waals surface area contributed by atoms with Gasteiger partial charge in [0.1, 0.15) is 0 Å². The van der Waals surface area contributed by atoms with Crippen molar-refractivity contribution < 1.29 is 4.79 Å². The second-order valence-corrected chi connectivity index (χ2v) is 5.33. The van der Waals surface area contributed by atoms with Crippen LogP contribution in [0.4, 0.5) is 11.4 Å². The standard InChI is InChI=1S/C15H25N3O/c1-5-11(2)9-18(4)10-15(19)17-14-8-13(16)7-6-12(14)3/h6-8,11H,5,9-10,16H2,1-4H3,(H,17,19). The second-order valence-electron chi connectivity index (χ2n) is 5.33. The van der Waals surface area contributed by atoms with Crippen LogP contribution in [0.25, 0.3) is 0 Å². The monoisotopic (exact) mass is 263 g/mol. The predicted molar refractivity (Wildman–Crippen MR) is 81.2 cm³/mol. The van der Waals surface area contributed by atoms with Crippen LogP contribution in [0.2, 0.25) is 0 Å². The van der Waals surface area contributed by atoms with Crippen LogP contribution in [0, 0.1) is 12.8 Å². The third kappa shape index (κ3) is 5.30. The van der Waals surface area contributed by atoms with Gasteiger partial charge in [0.15, 0.2) is 0 Å². The average Bonchev–Trinajstić information content (AvgIpc) is 2.33. The third-order valence-corrected chi connectivity index (χ3v) is 3.27. The molecule has 19 heavy (non-hydrogen) atoms. The summed E-state index contributed by atoms with van der Waals surface area (Å²) in [5.74, 6) is 0.603. The van der Waals surface area contributed by atoms with Gasteiger partial charge in [-0.25, -0.2) is 0 Å². The number of hydrogen-bond acceptors (Lipinski definition) is 3. The van der Waals surface area contributed by atoms with Crippen molar-refractivity contribution in [1.82, 2.24) is 4.90 Å². The molecule has 0 bridgehead atoms. The van der Waals surface area contributed by atoms with E-state index in [2.05, 4.69) is 19.2 Å². The summed E-state index contributed by atoms with van der Waals surface area (Å²) in [6.45, 7) is 7.64. The van der Waals surface area contributed by atoms with E-state index in [0.29, 0.717) is 18.2 Å². The van der Waals surface area contributed by atoms with E-state index in [0.717, 1.165) is 24.2 Å². The lowest BCUT2D eigenvalue weighted by Crippen LogP contribution is -2.33. The van der Waals surface area contributed by atoms with Gasteiger partial charge in [0, 0.05) is 17.9 Å². The molecule has 3 N–H and O–H groups in total. The number of nitrogens with two attached hydrogens (primary N) is 1. The van der Waals surface area contributed by atoms with Crippen molar-refractivity contribution in [3.05, 3.63) is 23.8 Å². The van der Waals surface area contributed by atoms with Gasteiger partial charge in [-0.05, 0) is 37.6 Å². The molecule has 106 valence electrons. The van der Waals surface area contributed by atoms with E-state index in [1.165, 1.54) is 0 Å². The number of amides is 1. The molecule has 0 saturated heterocycles. The van der Waals surface area contributed by atoms with Gasteiger partial charge in [-0.2, -0.15) is 0 Å². The van der Waals surface area contributed by atoms with Crippen LogP contribution in [0.1, 0.15) is 25.8 Å². The van der Waals surface area contributed by atoms with Crippen molar-refractivity contribution >= 4 is 17.3 Å². The summed E-state index contributed by atoms with van der Waals surface area (Å²) in [4.78, 5) is 14.0. The minimum atomic E-state index is -0.000460. The van der Waals surface area contributed by atoms with Crippen LogP contribution in [-0.2, 0) is 4.79 Å². The number of nitrogens with zero attached hydrogens (tertiary/aromatic N) is 1. The first-order chi connectivity index (χ1) is 8.92. The van der Waals surface area contributed by atoms with Crippen LogP contribution in [-0.4, -0.2) is 30.9 Å². The fourth-order valence-electron chi connectivity index (χ4n) is 1.93. The topological polar surface area (TPSA) is 58.4 Å². The number of hydrogen-bond donors (Lipinski definition) is 2. The van der Waals surface area contributed by atoms with Gasteiger partial charge in [0.2, 0.25) is 5.91 Å². The number of rotatable bonds is 6. The molecule has 0 aliphatic heterocycles. The number of likely N-dealkylation sites (N-methyl/N-ethyl adjacent to an activating group) is 1. The second kappa shape index (κ2) is 7.14. The minimum Gasteiger partial charge on any atom is -0.399 e. The molecule has 0 spiro atoms. The Kier molecular flexibility index (Phi) is 5.83. The van der Waals surface area contributed by atoms with Gasteiger partial charge >= 0.3 is 0 Å². The van der Waals surface area contributed by atoms with Crippen molar-refractivity contribution in [2.45, 2.75) is 27.2 Å². The van der Waals surface area contributed by atoms with Gasteiger partial charge < -0.3 is 11.1 Å². The van der Waals surface area contributed by atoms with Crippen molar-refractivity contribution in [2.75, 3.05) is 31.2 Å². The molecule has 0 radical (unpaired) electrons. The molecule has 0 aliphatic rings. The normalized spacial score (nSPS) is 12.5. The lowest BCUT2D eigenvalue weighted by Gasteiger charge is -2.20. The molecule has 1 atom stereocenters. The van der Waals surface area contributed by atoms with E-state index in [4.69, 9.17) is 5.73 Å². The molecule has 4 heteroatoms. The van der Waals surface area contributed by atoms with Gasteiger partial charge in [-0.1, -0.05) is 26.3 Å². The van der Waals surface area contributed by atoms with E-state index in [1.807, 2.05) is 31.0 Å². The Bertz CT molecular complexity index is 431. The quantitative estimate of drug-likeness (QED) is 0.775. The fourth-order valence-corrected chi connectivity index (χ4v) is 1.93. The van der Waals surface area contributed by atoms with Gasteiger partial charge in [0.05, 0.1) is 6.54 Å². The van der Waals surface area contributed by atoms with Crippen molar-refractivity contribution in [3.63, 3.8) is 0 Å². The number of nitrogen functional groups attached to an aromatic ring is 1. The molecule has 0 heterocycles. The molecule has 0 fully saturated rings. The number of carbonyl (C=O) groups excluding carboxylic acids is 1. The molecule has 1 aromatic carbocycles. The Balaban J connectivity index is 2.53. The molecule has 1 rings (SSSR count). The highest BCUT2D eigenvalue weighted by atomic mass is 16.2. The number of nitrogens with one attached hydrogen (secondary N) is 1. The van der Waals surface area contributed by atoms with Crippen molar-refractivity contribution in [3.8, 4) is 0 Å². The molecule has 0 aromatic heterocycles. The summed E-state index contributed by atoms with van der Waals surface area (Å²) in [7, 11) is 1.97. The SMILES string of the molecule is CCC(C)CN(C)CC(=O)Nc1cc(N)ccc1C. The Labute approximate surface area is 116 Å². The van der Waals surface area contributed by atoms with Gasteiger partial charge in [-0.3, -0.25) is 9.69 Å². The summed E-state index contributed by atoms with van der Waals surface area (Å²) in [6.07, 6.45) is 1.13. The molecule has 1 unspecified atom stereocenters. The van der Waals surface area contributed by atoms with Gasteiger partial charge in [0.25, 0.3) is 0 Å². The number of aryl methyl sites for hydroxylation is 1. The molecule has 1 aromatic rings. The number of benzene rings is 1. The van der Waals surface area contributed by atoms with Crippen LogP contribution in [0.3, 0.4) is 0 Å². The fraction of sp³-hybridized carbons (Fsp3) is 0.533. The first kappa shape index (κ1) is 15.5. The average molecular weight is 263 g/mol. The minimum absolute atomic E-state index is 0.000460.